The number of piperidine rings is 3. The summed E-state index contributed by atoms with van der Waals surface area (Å²) in [7, 11) is 0. The van der Waals surface area contributed by atoms with Crippen molar-refractivity contribution in [1.29, 1.82) is 0 Å². The molecule has 0 aliphatic carbocycles. The predicted octanol–water partition coefficient (Wildman–Crippen LogP) is 5.27. The van der Waals surface area contributed by atoms with Crippen molar-refractivity contribution in [3.8, 4) is 0 Å². The zero-order valence-corrected chi connectivity index (χ0v) is 28.2. The van der Waals surface area contributed by atoms with Gasteiger partial charge < -0.3 is 36.0 Å². The summed E-state index contributed by atoms with van der Waals surface area (Å²) in [6.07, 6.45) is 8.30. The Morgan fingerprint density at radius 2 is 1.54 bits per heavy atom. The van der Waals surface area contributed by atoms with Crippen molar-refractivity contribution >= 4 is 40.9 Å². The normalized spacial score (nSPS) is 19.8. The minimum atomic E-state index is -0.183. The van der Waals surface area contributed by atoms with E-state index in [2.05, 4.69) is 21.6 Å². The molecule has 10 nitrogen and oxygen atoms in total. The van der Waals surface area contributed by atoms with E-state index in [0.717, 1.165) is 67.6 Å². The Balaban J connectivity index is 0.000000356. The van der Waals surface area contributed by atoms with E-state index >= 15 is 0 Å². The SMILES string of the molecule is Cc1cc(C)c(N)c(Cl)c1.O=C(CNC(=O)N1CCC(N2CCc3ccccc3NC2=O)CC1)N1CCC(N2CCCCC2)CC1. The standard InChI is InChI=1S/C27H40N6O3.C8H10ClN/c34-25(31-15-9-22(10-16-31)30-13-4-1-5-14-30)20-28-26(35)32-17-11-23(12-18-32)33-19-8-21-6-2-3-7-24(21)29-27(33)36;1-5-3-6(2)8(10)7(9)4-5/h2-3,6-7,22-23H,1,4-5,8-20H2,(H,28,35)(H,29,36);3-4H,10H2,1-2H3. The average molecular weight is 652 g/mol. The number of urea groups is 2. The summed E-state index contributed by atoms with van der Waals surface area (Å²) in [5.74, 6) is 0.0103. The fourth-order valence-electron chi connectivity index (χ4n) is 7.18. The number of halogens is 1. The molecule has 4 aliphatic heterocycles. The van der Waals surface area contributed by atoms with Crippen LogP contribution in [0, 0.1) is 13.8 Å². The lowest BCUT2D eigenvalue weighted by atomic mass is 10.00. The number of rotatable bonds is 4. The number of carbonyl (C=O) groups is 3. The smallest absolute Gasteiger partial charge is 0.322 e. The molecule has 3 fully saturated rings. The highest BCUT2D eigenvalue weighted by Crippen LogP contribution is 2.26. The number of likely N-dealkylation sites (tertiary alicyclic amines) is 3. The summed E-state index contributed by atoms with van der Waals surface area (Å²) in [6.45, 7) is 9.81. The molecule has 0 spiro atoms. The number of anilines is 2. The Morgan fingerprint density at radius 1 is 0.891 bits per heavy atom. The highest BCUT2D eigenvalue weighted by atomic mass is 35.5. The molecule has 0 atom stereocenters. The van der Waals surface area contributed by atoms with Crippen molar-refractivity contribution in [2.45, 2.75) is 77.3 Å². The van der Waals surface area contributed by atoms with Gasteiger partial charge in [-0.15, -0.1) is 0 Å². The quantitative estimate of drug-likeness (QED) is 0.390. The van der Waals surface area contributed by atoms with E-state index in [-0.39, 0.29) is 30.6 Å². The van der Waals surface area contributed by atoms with Crippen molar-refractivity contribution in [2.24, 2.45) is 0 Å². The number of fused-ring (bicyclic) bond motifs is 1. The Bertz CT molecular complexity index is 1340. The van der Waals surface area contributed by atoms with Gasteiger partial charge in [0.05, 0.1) is 17.3 Å². The molecule has 0 saturated carbocycles. The molecule has 3 saturated heterocycles. The number of nitrogens with one attached hydrogen (secondary N) is 2. The lowest BCUT2D eigenvalue weighted by Gasteiger charge is -2.40. The summed E-state index contributed by atoms with van der Waals surface area (Å²) < 4.78 is 0. The molecule has 11 heteroatoms. The summed E-state index contributed by atoms with van der Waals surface area (Å²) in [5.41, 5.74) is 10.6. The third-order valence-electron chi connectivity index (χ3n) is 9.93. The van der Waals surface area contributed by atoms with Crippen LogP contribution >= 0.6 is 11.6 Å². The number of carbonyl (C=O) groups excluding carboxylic acids is 3. The van der Waals surface area contributed by atoms with Crippen LogP contribution in [0.2, 0.25) is 5.02 Å². The topological polar surface area (TPSA) is 114 Å². The maximum atomic E-state index is 12.8. The maximum Gasteiger partial charge on any atom is 0.322 e. The zero-order chi connectivity index (χ0) is 32.6. The van der Waals surface area contributed by atoms with Crippen LogP contribution in [0.25, 0.3) is 0 Å². The first-order chi connectivity index (χ1) is 22.2. The van der Waals surface area contributed by atoms with Crippen molar-refractivity contribution in [3.63, 3.8) is 0 Å². The molecular formula is C35H50ClN7O3. The molecule has 0 aromatic heterocycles. The molecule has 0 unspecified atom stereocenters. The first-order valence-electron chi connectivity index (χ1n) is 16.9. The van der Waals surface area contributed by atoms with E-state index in [1.807, 2.05) is 54.0 Å². The van der Waals surface area contributed by atoms with E-state index in [1.54, 1.807) is 4.90 Å². The predicted molar refractivity (Wildman–Crippen MR) is 184 cm³/mol. The zero-order valence-electron chi connectivity index (χ0n) is 27.4. The molecule has 4 aliphatic rings. The van der Waals surface area contributed by atoms with E-state index in [9.17, 15) is 14.4 Å². The van der Waals surface area contributed by atoms with Gasteiger partial charge in [0.25, 0.3) is 0 Å². The molecule has 2 aromatic carbocycles. The highest BCUT2D eigenvalue weighted by molar-refractivity contribution is 6.33. The van der Waals surface area contributed by atoms with Crippen LogP contribution in [0.15, 0.2) is 36.4 Å². The number of benzene rings is 2. The molecule has 2 aromatic rings. The van der Waals surface area contributed by atoms with Crippen molar-refractivity contribution in [3.05, 3.63) is 58.1 Å². The van der Waals surface area contributed by atoms with Gasteiger partial charge in [-0.3, -0.25) is 4.79 Å². The number of hydrogen-bond acceptors (Lipinski definition) is 5. The summed E-state index contributed by atoms with van der Waals surface area (Å²) in [5, 5.41) is 6.53. The molecule has 4 N–H and O–H groups in total. The van der Waals surface area contributed by atoms with E-state index in [1.165, 1.54) is 32.4 Å². The fraction of sp³-hybridized carbons (Fsp3) is 0.571. The van der Waals surface area contributed by atoms with Crippen LogP contribution in [0.3, 0.4) is 0 Å². The Hall–Kier alpha value is -3.50. The second-order valence-electron chi connectivity index (χ2n) is 13.1. The molecule has 0 radical (unpaired) electrons. The van der Waals surface area contributed by atoms with Crippen LogP contribution in [0.5, 0.6) is 0 Å². The number of para-hydroxylation sites is 1. The van der Waals surface area contributed by atoms with Gasteiger partial charge in [0.1, 0.15) is 0 Å². The second-order valence-corrected chi connectivity index (χ2v) is 13.5. The minimum Gasteiger partial charge on any atom is -0.397 e. The van der Waals surface area contributed by atoms with Crippen LogP contribution < -0.4 is 16.4 Å². The molecule has 5 amide bonds. The van der Waals surface area contributed by atoms with Gasteiger partial charge >= 0.3 is 12.1 Å². The fourth-order valence-corrected chi connectivity index (χ4v) is 7.51. The van der Waals surface area contributed by atoms with Crippen LogP contribution in [0.4, 0.5) is 21.0 Å². The van der Waals surface area contributed by atoms with E-state index < -0.39 is 0 Å². The van der Waals surface area contributed by atoms with E-state index in [0.29, 0.717) is 36.4 Å². The number of nitrogens with zero attached hydrogens (tertiary/aromatic N) is 4. The minimum absolute atomic E-state index is 0.0103. The molecule has 250 valence electrons. The number of hydrogen-bond donors (Lipinski definition) is 3. The third-order valence-corrected chi connectivity index (χ3v) is 10.2. The third kappa shape index (κ3) is 8.64. The Kier molecular flexibility index (Phi) is 11.7. The monoisotopic (exact) mass is 651 g/mol. The number of aryl methyl sites for hydroxylation is 2. The summed E-state index contributed by atoms with van der Waals surface area (Å²) >= 11 is 5.79. The van der Waals surface area contributed by atoms with Gasteiger partial charge in [0.15, 0.2) is 0 Å². The molecule has 46 heavy (non-hydrogen) atoms. The van der Waals surface area contributed by atoms with Gasteiger partial charge in [-0.1, -0.05) is 42.3 Å². The lowest BCUT2D eigenvalue weighted by Crippen LogP contribution is -2.53. The molecule has 6 rings (SSSR count). The van der Waals surface area contributed by atoms with Gasteiger partial charge in [0.2, 0.25) is 5.91 Å². The largest absolute Gasteiger partial charge is 0.397 e. The Labute approximate surface area is 278 Å². The molecule has 0 bridgehead atoms. The van der Waals surface area contributed by atoms with Crippen molar-refractivity contribution in [1.82, 2.24) is 24.9 Å². The number of nitrogen functional groups attached to an aromatic ring is 1. The van der Waals surface area contributed by atoms with Gasteiger partial charge in [0, 0.05) is 50.5 Å². The maximum absolute atomic E-state index is 12.8. The Morgan fingerprint density at radius 3 is 2.24 bits per heavy atom. The number of nitrogens with two attached hydrogens (primary N) is 1. The van der Waals surface area contributed by atoms with Crippen LogP contribution in [-0.4, -0.2) is 102 Å². The van der Waals surface area contributed by atoms with Crippen molar-refractivity contribution < 1.29 is 14.4 Å². The lowest BCUT2D eigenvalue weighted by molar-refractivity contribution is -0.131. The van der Waals surface area contributed by atoms with Crippen molar-refractivity contribution in [2.75, 3.05) is 63.4 Å². The first kappa shape index (κ1) is 33.9. The molecular weight excluding hydrogens is 602 g/mol. The highest BCUT2D eigenvalue weighted by Gasteiger charge is 2.32. The first-order valence-corrected chi connectivity index (χ1v) is 17.3. The van der Waals surface area contributed by atoms with Gasteiger partial charge in [-0.25, -0.2) is 9.59 Å². The van der Waals surface area contributed by atoms with Gasteiger partial charge in [-0.05, 0) is 101 Å². The second kappa shape index (κ2) is 15.9. The van der Waals surface area contributed by atoms with Crippen LogP contribution in [0.1, 0.15) is 61.6 Å². The number of amides is 5. The summed E-state index contributed by atoms with van der Waals surface area (Å²) in [6, 6.07) is 12.3. The van der Waals surface area contributed by atoms with Gasteiger partial charge in [-0.2, -0.15) is 0 Å². The molecule has 4 heterocycles. The average Bonchev–Trinajstić information content (AvgIpc) is 3.24. The van der Waals surface area contributed by atoms with E-state index in [4.69, 9.17) is 17.3 Å². The van der Waals surface area contributed by atoms with Crippen LogP contribution in [-0.2, 0) is 11.2 Å². The summed E-state index contributed by atoms with van der Waals surface area (Å²) in [4.78, 5) is 46.5.